The van der Waals surface area contributed by atoms with E-state index in [-0.39, 0.29) is 12.1 Å². The minimum atomic E-state index is -0.300. The normalized spacial score (nSPS) is 12.1. The first-order valence-electron chi connectivity index (χ1n) is 4.05. The Kier molecular flexibility index (Phi) is 4.27. The Balaban J connectivity index is 2.29. The molecule has 0 saturated heterocycles. The van der Waals surface area contributed by atoms with Gasteiger partial charge in [-0.2, -0.15) is 0 Å². The number of methoxy groups -OCH3 is 1. The summed E-state index contributed by atoms with van der Waals surface area (Å²) >= 11 is 1.27. The van der Waals surface area contributed by atoms with E-state index in [2.05, 4.69) is 20.8 Å². The monoisotopic (exact) mass is 216 g/mol. The molecule has 0 bridgehead atoms. The van der Waals surface area contributed by atoms with Gasteiger partial charge in [-0.3, -0.25) is 5.32 Å². The van der Waals surface area contributed by atoms with E-state index < -0.39 is 0 Å². The van der Waals surface area contributed by atoms with E-state index in [1.54, 1.807) is 12.6 Å². The molecule has 0 aliphatic rings. The largest absolute Gasteiger partial charge is 0.383 e. The number of nitrogens with zero attached hydrogens (tertiary/aromatic N) is 2. The molecule has 2 N–H and O–H groups in total. The molecule has 1 rings (SSSR count). The molecule has 1 unspecified atom stereocenters. The van der Waals surface area contributed by atoms with E-state index in [9.17, 15) is 4.79 Å². The zero-order chi connectivity index (χ0) is 10.4. The molecule has 0 aliphatic heterocycles. The predicted molar refractivity (Wildman–Crippen MR) is 53.4 cm³/mol. The van der Waals surface area contributed by atoms with Crippen LogP contribution in [0, 0.1) is 0 Å². The Hall–Kier alpha value is -1.21. The van der Waals surface area contributed by atoms with Gasteiger partial charge >= 0.3 is 6.03 Å². The number of carbonyl (C=O) groups is 1. The predicted octanol–water partition coefficient (Wildman–Crippen LogP) is 0.694. The number of hydrogen-bond acceptors (Lipinski definition) is 5. The zero-order valence-corrected chi connectivity index (χ0v) is 8.80. The van der Waals surface area contributed by atoms with Crippen LogP contribution in [0.2, 0.25) is 0 Å². The number of nitrogens with one attached hydrogen (secondary N) is 2. The van der Waals surface area contributed by atoms with Crippen molar-refractivity contribution in [1.82, 2.24) is 15.5 Å². The lowest BCUT2D eigenvalue weighted by Gasteiger charge is -2.11. The van der Waals surface area contributed by atoms with E-state index in [0.717, 1.165) is 0 Å². The molecule has 0 fully saturated rings. The van der Waals surface area contributed by atoms with Gasteiger partial charge in [0.25, 0.3) is 0 Å². The van der Waals surface area contributed by atoms with Gasteiger partial charge in [0.05, 0.1) is 12.6 Å². The van der Waals surface area contributed by atoms with Crippen LogP contribution in [0.4, 0.5) is 9.93 Å². The minimum absolute atomic E-state index is 0.0343. The molecule has 78 valence electrons. The fraction of sp³-hybridized carbons (Fsp3) is 0.571. The highest BCUT2D eigenvalue weighted by Gasteiger charge is 2.07. The van der Waals surface area contributed by atoms with Crippen molar-refractivity contribution in [2.24, 2.45) is 0 Å². The second-order valence-corrected chi connectivity index (χ2v) is 3.53. The van der Waals surface area contributed by atoms with Crippen LogP contribution in [0.1, 0.15) is 6.92 Å². The van der Waals surface area contributed by atoms with Crippen molar-refractivity contribution in [3.8, 4) is 0 Å². The van der Waals surface area contributed by atoms with Crippen LogP contribution in [0.15, 0.2) is 5.51 Å². The van der Waals surface area contributed by atoms with E-state index in [1.807, 2.05) is 6.92 Å². The summed E-state index contributed by atoms with van der Waals surface area (Å²) in [5, 5.41) is 13.0. The second-order valence-electron chi connectivity index (χ2n) is 2.70. The molecule has 1 heterocycles. The van der Waals surface area contributed by atoms with Gasteiger partial charge in [0.1, 0.15) is 5.51 Å². The maximum absolute atomic E-state index is 11.3. The molecule has 0 aromatic carbocycles. The summed E-state index contributed by atoms with van der Waals surface area (Å²) in [5.41, 5.74) is 1.55. The smallest absolute Gasteiger partial charge is 0.321 e. The average molecular weight is 216 g/mol. The maximum Gasteiger partial charge on any atom is 0.321 e. The lowest BCUT2D eigenvalue weighted by Crippen LogP contribution is -2.38. The van der Waals surface area contributed by atoms with Crippen molar-refractivity contribution < 1.29 is 9.53 Å². The number of urea groups is 1. The average Bonchev–Trinajstić information content (AvgIpc) is 2.56. The molecule has 6 nitrogen and oxygen atoms in total. The molecule has 2 amide bonds. The SMILES string of the molecule is COCC(C)NC(=O)Nc1nncs1. The van der Waals surface area contributed by atoms with Crippen LogP contribution in [0.25, 0.3) is 0 Å². The van der Waals surface area contributed by atoms with E-state index >= 15 is 0 Å². The first-order chi connectivity index (χ1) is 6.72. The van der Waals surface area contributed by atoms with Crippen molar-refractivity contribution in [1.29, 1.82) is 0 Å². The third-order valence-electron chi connectivity index (χ3n) is 1.37. The summed E-state index contributed by atoms with van der Waals surface area (Å²) < 4.78 is 4.87. The van der Waals surface area contributed by atoms with Crippen molar-refractivity contribution in [2.75, 3.05) is 19.0 Å². The summed E-state index contributed by atoms with van der Waals surface area (Å²) in [4.78, 5) is 11.3. The highest BCUT2D eigenvalue weighted by molar-refractivity contribution is 7.13. The van der Waals surface area contributed by atoms with E-state index in [4.69, 9.17) is 4.74 Å². The Labute approximate surface area is 85.7 Å². The highest BCUT2D eigenvalue weighted by Crippen LogP contribution is 2.06. The van der Waals surface area contributed by atoms with Crippen LogP contribution in [0.5, 0.6) is 0 Å². The first kappa shape index (κ1) is 10.9. The Morgan fingerprint density at radius 2 is 2.57 bits per heavy atom. The molecule has 7 heteroatoms. The highest BCUT2D eigenvalue weighted by atomic mass is 32.1. The Morgan fingerprint density at radius 1 is 1.79 bits per heavy atom. The number of amides is 2. The molecule has 0 aliphatic carbocycles. The molecular weight excluding hydrogens is 204 g/mol. The molecule has 1 atom stereocenters. The lowest BCUT2D eigenvalue weighted by atomic mass is 10.4. The Bertz CT molecular complexity index is 277. The van der Waals surface area contributed by atoms with Crippen molar-refractivity contribution >= 4 is 22.5 Å². The fourth-order valence-electron chi connectivity index (χ4n) is 0.876. The molecular formula is C7H12N4O2S. The van der Waals surface area contributed by atoms with Crippen molar-refractivity contribution in [3.63, 3.8) is 0 Å². The lowest BCUT2D eigenvalue weighted by molar-refractivity contribution is 0.173. The van der Waals surface area contributed by atoms with Crippen molar-refractivity contribution in [3.05, 3.63) is 5.51 Å². The van der Waals surface area contributed by atoms with Crippen LogP contribution < -0.4 is 10.6 Å². The van der Waals surface area contributed by atoms with Gasteiger partial charge < -0.3 is 10.1 Å². The van der Waals surface area contributed by atoms with Crippen LogP contribution in [0.3, 0.4) is 0 Å². The van der Waals surface area contributed by atoms with Gasteiger partial charge in [0.2, 0.25) is 5.13 Å². The summed E-state index contributed by atoms with van der Waals surface area (Å²) in [5.74, 6) is 0. The first-order valence-corrected chi connectivity index (χ1v) is 4.93. The van der Waals surface area contributed by atoms with Gasteiger partial charge in [-0.1, -0.05) is 11.3 Å². The van der Waals surface area contributed by atoms with Crippen molar-refractivity contribution in [2.45, 2.75) is 13.0 Å². The number of carbonyl (C=O) groups excluding carboxylic acids is 1. The number of ether oxygens (including phenoxy) is 1. The minimum Gasteiger partial charge on any atom is -0.383 e. The molecule has 14 heavy (non-hydrogen) atoms. The van der Waals surface area contributed by atoms with Gasteiger partial charge in [0, 0.05) is 7.11 Å². The number of hydrogen-bond donors (Lipinski definition) is 2. The topological polar surface area (TPSA) is 76.1 Å². The number of rotatable bonds is 4. The van der Waals surface area contributed by atoms with Gasteiger partial charge in [0.15, 0.2) is 0 Å². The summed E-state index contributed by atoms with van der Waals surface area (Å²) in [6.07, 6.45) is 0. The number of anilines is 1. The van der Waals surface area contributed by atoms with Crippen LogP contribution in [-0.2, 0) is 4.74 Å². The summed E-state index contributed by atoms with van der Waals surface area (Å²) in [6.45, 7) is 2.33. The molecule has 1 aromatic rings. The zero-order valence-electron chi connectivity index (χ0n) is 7.98. The standard InChI is InChI=1S/C7H12N4O2S/c1-5(3-13-2)9-6(12)10-7-11-8-4-14-7/h4-5H,3H2,1-2H3,(H2,9,10,11,12). The van der Waals surface area contributed by atoms with E-state index in [0.29, 0.717) is 11.7 Å². The summed E-state index contributed by atoms with van der Waals surface area (Å²) in [6, 6.07) is -0.334. The molecule has 0 spiro atoms. The summed E-state index contributed by atoms with van der Waals surface area (Å²) in [7, 11) is 1.58. The quantitative estimate of drug-likeness (QED) is 0.776. The molecule has 0 radical (unpaired) electrons. The van der Waals surface area contributed by atoms with Gasteiger partial charge in [-0.15, -0.1) is 10.2 Å². The number of aromatic nitrogens is 2. The van der Waals surface area contributed by atoms with Crippen LogP contribution >= 0.6 is 11.3 Å². The van der Waals surface area contributed by atoms with Gasteiger partial charge in [-0.25, -0.2) is 4.79 Å². The van der Waals surface area contributed by atoms with E-state index in [1.165, 1.54) is 11.3 Å². The Morgan fingerprint density at radius 3 is 3.14 bits per heavy atom. The third kappa shape index (κ3) is 3.67. The molecule has 1 aromatic heterocycles. The molecule has 0 saturated carbocycles. The second kappa shape index (κ2) is 5.51. The van der Waals surface area contributed by atoms with Gasteiger partial charge in [-0.05, 0) is 6.92 Å². The third-order valence-corrected chi connectivity index (χ3v) is 1.98. The van der Waals surface area contributed by atoms with Crippen LogP contribution in [-0.4, -0.2) is 36.0 Å². The maximum atomic E-state index is 11.3. The fourth-order valence-corrected chi connectivity index (χ4v) is 1.32.